The van der Waals surface area contributed by atoms with Crippen LogP contribution in [0, 0.1) is 0 Å². The van der Waals surface area contributed by atoms with Crippen LogP contribution >= 0.6 is 0 Å². The van der Waals surface area contributed by atoms with Gasteiger partial charge in [0.1, 0.15) is 6.10 Å². The number of Topliss-reactive ketones (excluding diaryl/α,β-unsaturated/α-hetero) is 1. The summed E-state index contributed by atoms with van der Waals surface area (Å²) in [6, 6.07) is 0. The van der Waals surface area contributed by atoms with E-state index in [1.807, 2.05) is 6.92 Å². The molecule has 0 bridgehead atoms. The summed E-state index contributed by atoms with van der Waals surface area (Å²) in [5, 5.41) is 0. The van der Waals surface area contributed by atoms with Gasteiger partial charge in [-0.15, -0.1) is 0 Å². The molecule has 0 aliphatic carbocycles. The normalized spacial score (nSPS) is 28.6. The van der Waals surface area contributed by atoms with Crippen LogP contribution in [0.3, 0.4) is 0 Å². The summed E-state index contributed by atoms with van der Waals surface area (Å²) >= 11 is 0. The van der Waals surface area contributed by atoms with E-state index in [1.165, 1.54) is 7.11 Å². The molecule has 0 N–H and O–H groups in total. The van der Waals surface area contributed by atoms with Gasteiger partial charge in [-0.25, -0.2) is 0 Å². The Hall–Kier alpha value is -0.900. The first-order valence-corrected chi connectivity index (χ1v) is 4.38. The Morgan fingerprint density at radius 2 is 2.38 bits per heavy atom. The lowest BCUT2D eigenvalue weighted by Gasteiger charge is -2.25. The number of carbonyl (C=O) groups excluding carboxylic acids is 2. The lowest BCUT2D eigenvalue weighted by atomic mass is 10.0. The average Bonchev–Trinajstić information content (AvgIpc) is 2.11. The lowest BCUT2D eigenvalue weighted by molar-refractivity contribution is -0.154. The standard InChI is InChI=1S/C9H14O4/c1-6-3-4-7(10)8(13-6)5-9(11)12-2/h6,8H,3-5H2,1-2H3/t6-,8+/m0/s1. The molecule has 1 saturated heterocycles. The van der Waals surface area contributed by atoms with Crippen LogP contribution in [-0.2, 0) is 19.1 Å². The first-order valence-electron chi connectivity index (χ1n) is 4.38. The molecule has 0 spiro atoms. The Balaban J connectivity index is 2.46. The van der Waals surface area contributed by atoms with Gasteiger partial charge in [0.25, 0.3) is 0 Å². The summed E-state index contributed by atoms with van der Waals surface area (Å²) in [4.78, 5) is 22.1. The zero-order valence-electron chi connectivity index (χ0n) is 7.91. The van der Waals surface area contributed by atoms with Gasteiger partial charge in [-0.3, -0.25) is 9.59 Å². The number of rotatable bonds is 2. The maximum atomic E-state index is 11.3. The fourth-order valence-corrected chi connectivity index (χ4v) is 1.33. The van der Waals surface area contributed by atoms with Crippen LogP contribution in [0.25, 0.3) is 0 Å². The molecule has 74 valence electrons. The Kier molecular flexibility index (Phi) is 3.42. The highest BCUT2D eigenvalue weighted by molar-refractivity contribution is 5.87. The van der Waals surface area contributed by atoms with Gasteiger partial charge in [0.2, 0.25) is 0 Å². The van der Waals surface area contributed by atoms with Crippen LogP contribution in [0.15, 0.2) is 0 Å². The van der Waals surface area contributed by atoms with Gasteiger partial charge in [0, 0.05) is 6.42 Å². The summed E-state index contributed by atoms with van der Waals surface area (Å²) in [5.74, 6) is -0.393. The van der Waals surface area contributed by atoms with Gasteiger partial charge < -0.3 is 9.47 Å². The third kappa shape index (κ3) is 2.81. The maximum absolute atomic E-state index is 11.3. The van der Waals surface area contributed by atoms with E-state index >= 15 is 0 Å². The van der Waals surface area contributed by atoms with Crippen molar-refractivity contribution in [3.8, 4) is 0 Å². The van der Waals surface area contributed by atoms with E-state index in [9.17, 15) is 9.59 Å². The molecule has 4 heteroatoms. The predicted octanol–water partition coefficient (Wildman–Crippen LogP) is 0.686. The SMILES string of the molecule is COC(=O)C[C@H]1O[C@@H](C)CCC1=O. The molecule has 1 aliphatic rings. The number of ketones is 1. The van der Waals surface area contributed by atoms with Crippen molar-refractivity contribution >= 4 is 11.8 Å². The van der Waals surface area contributed by atoms with E-state index in [4.69, 9.17) is 4.74 Å². The van der Waals surface area contributed by atoms with E-state index in [0.29, 0.717) is 6.42 Å². The van der Waals surface area contributed by atoms with Crippen LogP contribution in [-0.4, -0.2) is 31.1 Å². The molecule has 2 atom stereocenters. The molecule has 1 fully saturated rings. The second kappa shape index (κ2) is 4.37. The Morgan fingerprint density at radius 3 is 3.00 bits per heavy atom. The fourth-order valence-electron chi connectivity index (χ4n) is 1.33. The zero-order chi connectivity index (χ0) is 9.84. The third-order valence-electron chi connectivity index (χ3n) is 2.13. The summed E-state index contributed by atoms with van der Waals surface area (Å²) < 4.78 is 9.79. The first kappa shape index (κ1) is 10.2. The molecular formula is C9H14O4. The Bertz CT molecular complexity index is 212. The second-order valence-electron chi connectivity index (χ2n) is 3.22. The summed E-state index contributed by atoms with van der Waals surface area (Å²) in [6.07, 6.45) is 0.766. The minimum Gasteiger partial charge on any atom is -0.469 e. The van der Waals surface area contributed by atoms with Crippen molar-refractivity contribution in [3.63, 3.8) is 0 Å². The highest BCUT2D eigenvalue weighted by atomic mass is 16.5. The van der Waals surface area contributed by atoms with E-state index in [0.717, 1.165) is 6.42 Å². The zero-order valence-corrected chi connectivity index (χ0v) is 7.91. The van der Waals surface area contributed by atoms with E-state index in [1.54, 1.807) is 0 Å². The molecule has 0 aromatic rings. The summed E-state index contributed by atoms with van der Waals surface area (Å²) in [6.45, 7) is 1.90. The average molecular weight is 186 g/mol. The van der Waals surface area contributed by atoms with Gasteiger partial charge >= 0.3 is 5.97 Å². The minimum absolute atomic E-state index is 0.00324. The Labute approximate surface area is 77.2 Å². The highest BCUT2D eigenvalue weighted by Crippen LogP contribution is 2.18. The molecule has 0 radical (unpaired) electrons. The van der Waals surface area contributed by atoms with Crippen molar-refractivity contribution in [1.29, 1.82) is 0 Å². The summed E-state index contributed by atoms with van der Waals surface area (Å²) in [7, 11) is 1.30. The molecule has 0 unspecified atom stereocenters. The van der Waals surface area contributed by atoms with Crippen molar-refractivity contribution < 1.29 is 19.1 Å². The molecule has 0 aromatic carbocycles. The topological polar surface area (TPSA) is 52.6 Å². The highest BCUT2D eigenvalue weighted by Gasteiger charge is 2.29. The quantitative estimate of drug-likeness (QED) is 0.595. The number of esters is 1. The van der Waals surface area contributed by atoms with Crippen molar-refractivity contribution in [1.82, 2.24) is 0 Å². The third-order valence-corrected chi connectivity index (χ3v) is 2.13. The van der Waals surface area contributed by atoms with Crippen molar-refractivity contribution in [2.75, 3.05) is 7.11 Å². The number of methoxy groups -OCH3 is 1. The molecule has 0 aromatic heterocycles. The van der Waals surface area contributed by atoms with Crippen molar-refractivity contribution in [2.45, 2.75) is 38.4 Å². The van der Waals surface area contributed by atoms with Crippen LogP contribution in [0.1, 0.15) is 26.2 Å². The summed E-state index contributed by atoms with van der Waals surface area (Å²) in [5.41, 5.74) is 0. The number of hydrogen-bond acceptors (Lipinski definition) is 4. The first-order chi connectivity index (χ1) is 6.13. The van der Waals surface area contributed by atoms with Crippen LogP contribution in [0.4, 0.5) is 0 Å². The molecule has 0 amide bonds. The number of hydrogen-bond donors (Lipinski definition) is 0. The minimum atomic E-state index is -0.587. The smallest absolute Gasteiger partial charge is 0.308 e. The lowest BCUT2D eigenvalue weighted by Crippen LogP contribution is -2.35. The Morgan fingerprint density at radius 1 is 1.69 bits per heavy atom. The van der Waals surface area contributed by atoms with Crippen molar-refractivity contribution in [3.05, 3.63) is 0 Å². The van der Waals surface area contributed by atoms with Crippen LogP contribution in [0.5, 0.6) is 0 Å². The molecule has 1 heterocycles. The van der Waals surface area contributed by atoms with Gasteiger partial charge in [0.05, 0.1) is 19.6 Å². The molecular weight excluding hydrogens is 172 g/mol. The molecule has 1 aliphatic heterocycles. The molecule has 0 saturated carbocycles. The number of carbonyl (C=O) groups is 2. The van der Waals surface area contributed by atoms with E-state index in [2.05, 4.69) is 4.74 Å². The number of ether oxygens (including phenoxy) is 2. The van der Waals surface area contributed by atoms with Crippen LogP contribution in [0.2, 0.25) is 0 Å². The van der Waals surface area contributed by atoms with Crippen LogP contribution < -0.4 is 0 Å². The van der Waals surface area contributed by atoms with Gasteiger partial charge in [-0.2, -0.15) is 0 Å². The van der Waals surface area contributed by atoms with E-state index in [-0.39, 0.29) is 18.3 Å². The molecule has 1 rings (SSSR count). The second-order valence-corrected chi connectivity index (χ2v) is 3.22. The molecule has 13 heavy (non-hydrogen) atoms. The van der Waals surface area contributed by atoms with Gasteiger partial charge in [0.15, 0.2) is 5.78 Å². The fraction of sp³-hybridized carbons (Fsp3) is 0.778. The van der Waals surface area contributed by atoms with Gasteiger partial charge in [-0.1, -0.05) is 0 Å². The van der Waals surface area contributed by atoms with E-state index < -0.39 is 12.1 Å². The maximum Gasteiger partial charge on any atom is 0.308 e. The van der Waals surface area contributed by atoms with Gasteiger partial charge in [-0.05, 0) is 13.3 Å². The largest absolute Gasteiger partial charge is 0.469 e. The van der Waals surface area contributed by atoms with Crippen molar-refractivity contribution in [2.24, 2.45) is 0 Å². The molecule has 4 nitrogen and oxygen atoms in total. The monoisotopic (exact) mass is 186 g/mol. The predicted molar refractivity (Wildman–Crippen MR) is 45.2 cm³/mol.